The van der Waals surface area contributed by atoms with Crippen LogP contribution in [0.3, 0.4) is 0 Å². The second-order valence-corrected chi connectivity index (χ2v) is 8.23. The van der Waals surface area contributed by atoms with Crippen molar-refractivity contribution in [2.24, 2.45) is 0 Å². The van der Waals surface area contributed by atoms with Crippen LogP contribution >= 0.6 is 0 Å². The first-order valence-corrected chi connectivity index (χ1v) is 11.2. The number of aromatic nitrogens is 3. The van der Waals surface area contributed by atoms with Crippen molar-refractivity contribution < 1.29 is 14.7 Å². The number of carboxylic acid groups (broad SMARTS) is 1. The number of hydrogen-bond acceptors (Lipinski definition) is 5. The van der Waals surface area contributed by atoms with Crippen molar-refractivity contribution in [1.29, 1.82) is 0 Å². The smallest absolute Gasteiger partial charge is 0.335 e. The molecule has 3 rings (SSSR count). The molecule has 0 aliphatic rings. The number of carbonyl (C=O) groups excluding carboxylic acids is 1. The van der Waals surface area contributed by atoms with E-state index in [1.807, 2.05) is 37.3 Å². The molecule has 0 fully saturated rings. The van der Waals surface area contributed by atoms with E-state index in [0.29, 0.717) is 31.0 Å². The van der Waals surface area contributed by atoms with Gasteiger partial charge in [-0.3, -0.25) is 14.8 Å². The molecular weight excluding hydrogens is 418 g/mol. The van der Waals surface area contributed by atoms with Crippen molar-refractivity contribution in [1.82, 2.24) is 24.8 Å². The Kier molecular flexibility index (Phi) is 8.32. The van der Waals surface area contributed by atoms with Crippen LogP contribution in [0.5, 0.6) is 0 Å². The Morgan fingerprint density at radius 3 is 2.73 bits per heavy atom. The molecular formula is C25H31N5O3. The lowest BCUT2D eigenvalue weighted by Crippen LogP contribution is -2.25. The predicted octanol–water partition coefficient (Wildman–Crippen LogP) is 3.37. The van der Waals surface area contributed by atoms with E-state index in [-0.39, 0.29) is 11.5 Å². The highest BCUT2D eigenvalue weighted by Gasteiger charge is 2.13. The van der Waals surface area contributed by atoms with Crippen molar-refractivity contribution >= 4 is 22.8 Å². The standard InChI is InChI=1S/C25H31N5O3/c1-4-5-7-19-17-30(13-11-27-24(31)8-6-12-29(2)3)23-15-22(28-16-20(19)23)21-14-18(25(32)33)9-10-26-21/h6,8-10,14-17H,4-5,7,11-13H2,1-3H3,(H,27,31)(H,32,33)/b8-6+. The van der Waals surface area contributed by atoms with Gasteiger partial charge in [0.15, 0.2) is 0 Å². The quantitative estimate of drug-likeness (QED) is 0.435. The molecule has 8 nitrogen and oxygen atoms in total. The maximum atomic E-state index is 12.1. The van der Waals surface area contributed by atoms with Gasteiger partial charge in [-0.1, -0.05) is 19.4 Å². The average Bonchev–Trinajstić information content (AvgIpc) is 3.14. The minimum atomic E-state index is -1.000. The normalized spacial score (nSPS) is 11.5. The summed E-state index contributed by atoms with van der Waals surface area (Å²) in [5.74, 6) is -1.11. The Labute approximate surface area is 194 Å². The summed E-state index contributed by atoms with van der Waals surface area (Å²) in [4.78, 5) is 34.3. The zero-order valence-electron chi connectivity index (χ0n) is 19.4. The van der Waals surface area contributed by atoms with Crippen molar-refractivity contribution in [2.45, 2.75) is 32.7 Å². The first-order chi connectivity index (χ1) is 15.9. The number of carbonyl (C=O) groups is 2. The number of fused-ring (bicyclic) bond motifs is 1. The molecule has 0 spiro atoms. The number of carboxylic acids is 1. The Morgan fingerprint density at radius 1 is 1.21 bits per heavy atom. The van der Waals surface area contributed by atoms with Crippen molar-refractivity contribution in [3.63, 3.8) is 0 Å². The van der Waals surface area contributed by atoms with E-state index >= 15 is 0 Å². The lowest BCUT2D eigenvalue weighted by atomic mass is 10.1. The summed E-state index contributed by atoms with van der Waals surface area (Å²) >= 11 is 0. The average molecular weight is 450 g/mol. The fraction of sp³-hybridized carbons (Fsp3) is 0.360. The van der Waals surface area contributed by atoms with Crippen LogP contribution in [0.15, 0.2) is 48.9 Å². The van der Waals surface area contributed by atoms with E-state index in [4.69, 9.17) is 0 Å². The Hall–Kier alpha value is -3.52. The maximum Gasteiger partial charge on any atom is 0.335 e. The van der Waals surface area contributed by atoms with Gasteiger partial charge in [0.25, 0.3) is 0 Å². The molecule has 8 heteroatoms. The fourth-order valence-corrected chi connectivity index (χ4v) is 3.58. The topological polar surface area (TPSA) is 100 Å². The molecule has 0 bridgehead atoms. The Balaban J connectivity index is 1.84. The number of likely N-dealkylation sites (N-methyl/N-ethyl adjacent to an activating group) is 1. The molecule has 0 aliphatic carbocycles. The van der Waals surface area contributed by atoms with Gasteiger partial charge in [-0.15, -0.1) is 0 Å². The van der Waals surface area contributed by atoms with Crippen molar-refractivity contribution in [3.05, 3.63) is 60.1 Å². The van der Waals surface area contributed by atoms with Gasteiger partial charge in [-0.2, -0.15) is 0 Å². The van der Waals surface area contributed by atoms with Gasteiger partial charge in [-0.25, -0.2) is 4.79 Å². The summed E-state index contributed by atoms with van der Waals surface area (Å²) in [6, 6.07) is 4.94. The number of nitrogens with one attached hydrogen (secondary N) is 1. The molecule has 0 unspecified atom stereocenters. The molecule has 3 aromatic heterocycles. The van der Waals surface area contributed by atoms with E-state index in [9.17, 15) is 14.7 Å². The van der Waals surface area contributed by atoms with Gasteiger partial charge >= 0.3 is 5.97 Å². The zero-order valence-corrected chi connectivity index (χ0v) is 19.4. The zero-order chi connectivity index (χ0) is 23.8. The maximum absolute atomic E-state index is 12.1. The molecule has 0 radical (unpaired) electrons. The van der Waals surface area contributed by atoms with E-state index in [2.05, 4.69) is 33.0 Å². The van der Waals surface area contributed by atoms with Gasteiger partial charge in [0.05, 0.1) is 22.5 Å². The molecule has 33 heavy (non-hydrogen) atoms. The summed E-state index contributed by atoms with van der Waals surface area (Å²) < 4.78 is 2.12. The van der Waals surface area contributed by atoms with Gasteiger partial charge in [0, 0.05) is 49.7 Å². The number of nitrogens with zero attached hydrogens (tertiary/aromatic N) is 4. The Bertz CT molecular complexity index is 1150. The van der Waals surface area contributed by atoms with Crippen LogP contribution in [-0.2, 0) is 17.8 Å². The molecule has 0 saturated heterocycles. The second kappa shape index (κ2) is 11.4. The molecule has 1 amide bonds. The van der Waals surface area contributed by atoms with Crippen molar-refractivity contribution in [2.75, 3.05) is 27.2 Å². The molecule has 0 aliphatic heterocycles. The highest BCUT2D eigenvalue weighted by Crippen LogP contribution is 2.26. The summed E-state index contributed by atoms with van der Waals surface area (Å²) in [5, 5.41) is 13.3. The lowest BCUT2D eigenvalue weighted by molar-refractivity contribution is -0.116. The lowest BCUT2D eigenvalue weighted by Gasteiger charge is -2.08. The molecule has 3 heterocycles. The molecule has 0 aromatic carbocycles. The largest absolute Gasteiger partial charge is 0.478 e. The van der Waals surface area contributed by atoms with E-state index in [1.165, 1.54) is 23.9 Å². The summed E-state index contributed by atoms with van der Waals surface area (Å²) in [7, 11) is 3.90. The minimum absolute atomic E-state index is 0.114. The van der Waals surface area contributed by atoms with Crippen molar-refractivity contribution in [3.8, 4) is 11.4 Å². The van der Waals surface area contributed by atoms with Gasteiger partial charge in [0.1, 0.15) is 0 Å². The van der Waals surface area contributed by atoms with E-state index < -0.39 is 5.97 Å². The highest BCUT2D eigenvalue weighted by atomic mass is 16.4. The first kappa shape index (κ1) is 24.1. The molecule has 0 saturated carbocycles. The molecule has 174 valence electrons. The van der Waals surface area contributed by atoms with Crippen LogP contribution in [0.25, 0.3) is 22.3 Å². The first-order valence-electron chi connectivity index (χ1n) is 11.2. The van der Waals surface area contributed by atoms with Gasteiger partial charge in [-0.05, 0) is 50.7 Å². The third-order valence-corrected chi connectivity index (χ3v) is 5.31. The number of hydrogen-bond donors (Lipinski definition) is 2. The van der Waals surface area contributed by atoms with E-state index in [0.717, 1.165) is 30.2 Å². The SMILES string of the molecule is CCCCc1cn(CCNC(=O)/C=C/CN(C)C)c2cc(-c3cc(C(=O)O)ccn3)ncc12. The van der Waals surface area contributed by atoms with Crippen LogP contribution in [0, 0.1) is 0 Å². The number of amides is 1. The summed E-state index contributed by atoms with van der Waals surface area (Å²) in [6.07, 6.45) is 12.0. The molecule has 3 aromatic rings. The summed E-state index contributed by atoms with van der Waals surface area (Å²) in [6.45, 7) is 3.98. The van der Waals surface area contributed by atoms with Gasteiger partial charge < -0.3 is 19.9 Å². The van der Waals surface area contributed by atoms with Crippen LogP contribution in [-0.4, -0.2) is 63.6 Å². The predicted molar refractivity (Wildman–Crippen MR) is 129 cm³/mol. The van der Waals surface area contributed by atoms with Crippen LogP contribution in [0.1, 0.15) is 35.7 Å². The van der Waals surface area contributed by atoms with Crippen LogP contribution in [0.2, 0.25) is 0 Å². The number of unbranched alkanes of at least 4 members (excludes halogenated alkanes) is 1. The number of aromatic carboxylic acids is 1. The third-order valence-electron chi connectivity index (χ3n) is 5.31. The number of aryl methyl sites for hydroxylation is 1. The summed E-state index contributed by atoms with van der Waals surface area (Å²) in [5.41, 5.74) is 3.51. The monoisotopic (exact) mass is 449 g/mol. The van der Waals surface area contributed by atoms with Crippen LogP contribution < -0.4 is 5.32 Å². The molecule has 0 atom stereocenters. The number of pyridine rings is 2. The van der Waals surface area contributed by atoms with Crippen LogP contribution in [0.4, 0.5) is 0 Å². The number of rotatable bonds is 11. The fourth-order valence-electron chi connectivity index (χ4n) is 3.58. The second-order valence-electron chi connectivity index (χ2n) is 8.23. The highest BCUT2D eigenvalue weighted by molar-refractivity contribution is 5.90. The minimum Gasteiger partial charge on any atom is -0.478 e. The third kappa shape index (κ3) is 6.49. The Morgan fingerprint density at radius 2 is 2.00 bits per heavy atom. The van der Waals surface area contributed by atoms with E-state index in [1.54, 1.807) is 6.08 Å². The molecule has 2 N–H and O–H groups in total. The van der Waals surface area contributed by atoms with Gasteiger partial charge in [0.2, 0.25) is 5.91 Å².